The number of benzene rings is 2. The molecule has 0 fully saturated rings. The third kappa shape index (κ3) is 3.46. The molecule has 1 aliphatic rings. The maximum Gasteiger partial charge on any atom is 0.231 e. The molecule has 7 heteroatoms. The molecule has 132 valence electrons. The Kier molecular flexibility index (Phi) is 4.42. The molecule has 26 heavy (non-hydrogen) atoms. The number of fused-ring (bicyclic) bond motifs is 1. The molecule has 2 N–H and O–H groups in total. The van der Waals surface area contributed by atoms with Crippen LogP contribution in [0.3, 0.4) is 0 Å². The Bertz CT molecular complexity index is 917. The molecule has 0 aliphatic carbocycles. The monoisotopic (exact) mass is 350 g/mol. The van der Waals surface area contributed by atoms with Crippen LogP contribution in [0.1, 0.15) is 6.92 Å². The van der Waals surface area contributed by atoms with Crippen molar-refractivity contribution < 1.29 is 14.2 Å². The fourth-order valence-corrected chi connectivity index (χ4v) is 2.61. The molecule has 2 heterocycles. The minimum absolute atomic E-state index is 0.250. The number of hydrogen-bond acceptors (Lipinski definition) is 7. The molecule has 0 bridgehead atoms. The van der Waals surface area contributed by atoms with Crippen molar-refractivity contribution in [1.29, 1.82) is 0 Å². The minimum atomic E-state index is 0.250. The summed E-state index contributed by atoms with van der Waals surface area (Å²) in [7, 11) is 0. The second-order valence-corrected chi connectivity index (χ2v) is 5.54. The van der Waals surface area contributed by atoms with Crippen molar-refractivity contribution in [3.05, 3.63) is 54.9 Å². The van der Waals surface area contributed by atoms with Crippen molar-refractivity contribution in [3.8, 4) is 17.2 Å². The van der Waals surface area contributed by atoms with E-state index in [0.29, 0.717) is 24.0 Å². The first-order valence-electron chi connectivity index (χ1n) is 8.29. The van der Waals surface area contributed by atoms with Crippen LogP contribution >= 0.6 is 0 Å². The molecule has 0 saturated carbocycles. The molecule has 7 nitrogen and oxygen atoms in total. The van der Waals surface area contributed by atoms with Gasteiger partial charge < -0.3 is 24.8 Å². The second-order valence-electron chi connectivity index (χ2n) is 5.54. The predicted octanol–water partition coefficient (Wildman–Crippen LogP) is 4.09. The van der Waals surface area contributed by atoms with Crippen LogP contribution in [-0.4, -0.2) is 23.4 Å². The average molecular weight is 350 g/mol. The topological polar surface area (TPSA) is 77.5 Å². The summed E-state index contributed by atoms with van der Waals surface area (Å²) in [6.07, 6.45) is 1.50. The van der Waals surface area contributed by atoms with E-state index in [9.17, 15) is 0 Å². The Morgan fingerprint density at radius 1 is 0.962 bits per heavy atom. The Labute approximate surface area is 151 Å². The van der Waals surface area contributed by atoms with Crippen LogP contribution < -0.4 is 24.8 Å². The number of nitrogens with zero attached hydrogens (tertiary/aromatic N) is 2. The second kappa shape index (κ2) is 7.18. The molecule has 2 aromatic carbocycles. The standard InChI is InChI=1S/C19H18N4O3/c1-2-24-15-6-4-3-5-14(15)23-19-10-18(20-11-21-19)22-13-7-8-16-17(9-13)26-12-25-16/h3-11H,2,12H2,1H3,(H2,20,21,22,23). The van der Waals surface area contributed by atoms with Crippen LogP contribution in [0.5, 0.6) is 17.2 Å². The van der Waals surface area contributed by atoms with E-state index in [1.807, 2.05) is 55.5 Å². The Balaban J connectivity index is 1.52. The van der Waals surface area contributed by atoms with E-state index in [4.69, 9.17) is 14.2 Å². The number of aromatic nitrogens is 2. The van der Waals surface area contributed by atoms with Crippen molar-refractivity contribution in [2.24, 2.45) is 0 Å². The van der Waals surface area contributed by atoms with Crippen molar-refractivity contribution in [2.45, 2.75) is 6.92 Å². The molecule has 0 atom stereocenters. The van der Waals surface area contributed by atoms with E-state index in [1.54, 1.807) is 0 Å². The van der Waals surface area contributed by atoms with E-state index >= 15 is 0 Å². The van der Waals surface area contributed by atoms with E-state index in [0.717, 1.165) is 22.9 Å². The SMILES string of the molecule is CCOc1ccccc1Nc1cc(Nc2ccc3c(c2)OCO3)ncn1. The van der Waals surface area contributed by atoms with Crippen molar-refractivity contribution in [3.63, 3.8) is 0 Å². The summed E-state index contributed by atoms with van der Waals surface area (Å²) in [4.78, 5) is 8.54. The van der Waals surface area contributed by atoms with Crippen molar-refractivity contribution in [1.82, 2.24) is 9.97 Å². The number of anilines is 4. The van der Waals surface area contributed by atoms with Gasteiger partial charge in [-0.2, -0.15) is 0 Å². The van der Waals surface area contributed by atoms with Gasteiger partial charge in [0.05, 0.1) is 12.3 Å². The third-order valence-electron chi connectivity index (χ3n) is 3.76. The zero-order valence-electron chi connectivity index (χ0n) is 14.2. The van der Waals surface area contributed by atoms with Gasteiger partial charge in [-0.15, -0.1) is 0 Å². The first-order valence-corrected chi connectivity index (χ1v) is 8.29. The predicted molar refractivity (Wildman–Crippen MR) is 98.8 cm³/mol. The molecule has 0 radical (unpaired) electrons. The lowest BCUT2D eigenvalue weighted by Gasteiger charge is -2.12. The highest BCUT2D eigenvalue weighted by Gasteiger charge is 2.13. The van der Waals surface area contributed by atoms with E-state index in [1.165, 1.54) is 6.33 Å². The van der Waals surface area contributed by atoms with Crippen LogP contribution in [0.4, 0.5) is 23.0 Å². The molecule has 0 saturated heterocycles. The van der Waals surface area contributed by atoms with Gasteiger partial charge >= 0.3 is 0 Å². The first-order chi connectivity index (χ1) is 12.8. The van der Waals surface area contributed by atoms with Crippen LogP contribution in [0.25, 0.3) is 0 Å². The smallest absolute Gasteiger partial charge is 0.231 e. The Morgan fingerprint density at radius 2 is 1.77 bits per heavy atom. The van der Waals surface area contributed by atoms with Crippen molar-refractivity contribution in [2.75, 3.05) is 24.0 Å². The first kappa shape index (κ1) is 16.0. The average Bonchev–Trinajstić information content (AvgIpc) is 3.12. The molecule has 1 aliphatic heterocycles. The summed E-state index contributed by atoms with van der Waals surface area (Å²) in [5.74, 6) is 3.56. The number of para-hydroxylation sites is 2. The van der Waals surface area contributed by atoms with Gasteiger partial charge in [-0.1, -0.05) is 12.1 Å². The minimum Gasteiger partial charge on any atom is -0.492 e. The fraction of sp³-hybridized carbons (Fsp3) is 0.158. The quantitative estimate of drug-likeness (QED) is 0.693. The van der Waals surface area contributed by atoms with Crippen LogP contribution in [0, 0.1) is 0 Å². The van der Waals surface area contributed by atoms with E-state index in [-0.39, 0.29) is 6.79 Å². The Morgan fingerprint density at radius 3 is 2.65 bits per heavy atom. The van der Waals surface area contributed by atoms with Gasteiger partial charge in [0.2, 0.25) is 6.79 Å². The normalized spacial score (nSPS) is 11.9. The van der Waals surface area contributed by atoms with E-state index < -0.39 is 0 Å². The van der Waals surface area contributed by atoms with Crippen LogP contribution in [0.2, 0.25) is 0 Å². The number of nitrogens with one attached hydrogen (secondary N) is 2. The molecular formula is C19H18N4O3. The Hall–Kier alpha value is -3.48. The van der Waals surface area contributed by atoms with Gasteiger partial charge in [-0.3, -0.25) is 0 Å². The summed E-state index contributed by atoms with van der Waals surface area (Å²) < 4.78 is 16.3. The van der Waals surface area contributed by atoms with Gasteiger partial charge in [0.1, 0.15) is 23.7 Å². The van der Waals surface area contributed by atoms with Gasteiger partial charge in [0, 0.05) is 17.8 Å². The molecule has 0 spiro atoms. The van der Waals surface area contributed by atoms with Crippen LogP contribution in [0.15, 0.2) is 54.9 Å². The zero-order chi connectivity index (χ0) is 17.8. The lowest BCUT2D eigenvalue weighted by atomic mass is 10.2. The number of ether oxygens (including phenoxy) is 3. The lowest BCUT2D eigenvalue weighted by Crippen LogP contribution is -2.01. The molecule has 3 aromatic rings. The van der Waals surface area contributed by atoms with Gasteiger partial charge in [-0.05, 0) is 31.2 Å². The third-order valence-corrected chi connectivity index (χ3v) is 3.76. The van der Waals surface area contributed by atoms with Crippen molar-refractivity contribution >= 4 is 23.0 Å². The van der Waals surface area contributed by atoms with Crippen LogP contribution in [-0.2, 0) is 0 Å². The molecule has 0 unspecified atom stereocenters. The summed E-state index contributed by atoms with van der Waals surface area (Å²) in [5, 5.41) is 6.51. The maximum absolute atomic E-state index is 5.63. The number of rotatable bonds is 6. The summed E-state index contributed by atoms with van der Waals surface area (Å²) in [5.41, 5.74) is 1.70. The van der Waals surface area contributed by atoms with Gasteiger partial charge in [0.25, 0.3) is 0 Å². The molecule has 0 amide bonds. The largest absolute Gasteiger partial charge is 0.492 e. The van der Waals surface area contributed by atoms with Gasteiger partial charge in [-0.25, -0.2) is 9.97 Å². The summed E-state index contributed by atoms with van der Waals surface area (Å²) in [6, 6.07) is 15.2. The number of hydrogen-bond donors (Lipinski definition) is 2. The molecule has 4 rings (SSSR count). The summed E-state index contributed by atoms with van der Waals surface area (Å²) in [6.45, 7) is 2.80. The highest BCUT2D eigenvalue weighted by atomic mass is 16.7. The summed E-state index contributed by atoms with van der Waals surface area (Å²) >= 11 is 0. The molecule has 1 aromatic heterocycles. The maximum atomic E-state index is 5.63. The molecular weight excluding hydrogens is 332 g/mol. The lowest BCUT2D eigenvalue weighted by molar-refractivity contribution is 0.174. The zero-order valence-corrected chi connectivity index (χ0v) is 14.2. The van der Waals surface area contributed by atoms with Gasteiger partial charge in [0.15, 0.2) is 11.5 Å². The highest BCUT2D eigenvalue weighted by Crippen LogP contribution is 2.35. The highest BCUT2D eigenvalue weighted by molar-refractivity contribution is 5.67. The fourth-order valence-electron chi connectivity index (χ4n) is 2.61. The van der Waals surface area contributed by atoms with E-state index in [2.05, 4.69) is 20.6 Å².